The molecular weight excluding hydrogens is 374 g/mol. The zero-order valence-corrected chi connectivity index (χ0v) is 19.2. The molecule has 0 aliphatic carbocycles. The van der Waals surface area contributed by atoms with Gasteiger partial charge in [-0.05, 0) is 64.1 Å². The minimum Gasteiger partial charge on any atom is -0.468 e. The van der Waals surface area contributed by atoms with Gasteiger partial charge in [-0.3, -0.25) is 4.79 Å². The van der Waals surface area contributed by atoms with Gasteiger partial charge >= 0.3 is 0 Å². The summed E-state index contributed by atoms with van der Waals surface area (Å²) in [7, 11) is -2.08. The molecule has 0 radical (unpaired) electrons. The number of benzene rings is 2. The fraction of sp³-hybridized carbons (Fsp3) is 0.440. The van der Waals surface area contributed by atoms with Crippen molar-refractivity contribution in [2.24, 2.45) is 4.99 Å². The topological polar surface area (TPSA) is 38.7 Å². The Balaban J connectivity index is 2.26. The van der Waals surface area contributed by atoms with Crippen LogP contribution in [0.1, 0.15) is 52.5 Å². The highest BCUT2D eigenvalue weighted by Crippen LogP contribution is 2.31. The van der Waals surface area contributed by atoms with Gasteiger partial charge in [-0.25, -0.2) is 4.99 Å². The Labute approximate surface area is 175 Å². The van der Waals surface area contributed by atoms with E-state index in [4.69, 9.17) is 9.73 Å². The van der Waals surface area contributed by atoms with Crippen molar-refractivity contribution in [3.05, 3.63) is 52.5 Å². The lowest BCUT2D eigenvalue weighted by Gasteiger charge is -2.40. The SMILES string of the molecule is CC/C=c1\ccc2c(c1)[Si](CCCOC=O)(C(C)C)c1cc(CCC)ccc1N=2. The molecule has 3 nitrogen and oxygen atoms in total. The highest BCUT2D eigenvalue weighted by Gasteiger charge is 2.44. The maximum atomic E-state index is 10.7. The summed E-state index contributed by atoms with van der Waals surface area (Å²) in [5.41, 5.74) is 3.07. The van der Waals surface area contributed by atoms with Crippen LogP contribution in [0, 0.1) is 0 Å². The van der Waals surface area contributed by atoms with E-state index >= 15 is 0 Å². The Kier molecular flexibility index (Phi) is 7.07. The van der Waals surface area contributed by atoms with E-state index in [9.17, 15) is 4.79 Å². The van der Waals surface area contributed by atoms with Gasteiger partial charge in [-0.2, -0.15) is 0 Å². The summed E-state index contributed by atoms with van der Waals surface area (Å²) in [5, 5.41) is 5.33. The van der Waals surface area contributed by atoms with Gasteiger partial charge in [0.1, 0.15) is 8.07 Å². The molecule has 1 unspecified atom stereocenters. The number of hydrogen-bond acceptors (Lipinski definition) is 3. The number of rotatable bonds is 9. The average Bonchev–Trinajstić information content (AvgIpc) is 2.71. The summed E-state index contributed by atoms with van der Waals surface area (Å²) in [5.74, 6) is 0. The van der Waals surface area contributed by atoms with Gasteiger partial charge in [0.15, 0.2) is 0 Å². The second-order valence-electron chi connectivity index (χ2n) is 8.30. The Morgan fingerprint density at radius 1 is 1.10 bits per heavy atom. The van der Waals surface area contributed by atoms with E-state index in [-0.39, 0.29) is 0 Å². The van der Waals surface area contributed by atoms with Crippen LogP contribution in [0.5, 0.6) is 0 Å². The van der Waals surface area contributed by atoms with Crippen LogP contribution in [0.3, 0.4) is 0 Å². The summed E-state index contributed by atoms with van der Waals surface area (Å²) >= 11 is 0. The van der Waals surface area contributed by atoms with E-state index < -0.39 is 8.07 Å². The van der Waals surface area contributed by atoms with Crippen molar-refractivity contribution in [3.63, 3.8) is 0 Å². The molecule has 2 aromatic rings. The van der Waals surface area contributed by atoms with Crippen LogP contribution in [-0.2, 0) is 16.0 Å². The van der Waals surface area contributed by atoms with Crippen LogP contribution in [-0.4, -0.2) is 21.2 Å². The molecule has 0 aromatic heterocycles. The average molecular weight is 408 g/mol. The van der Waals surface area contributed by atoms with Crippen molar-refractivity contribution in [1.82, 2.24) is 0 Å². The molecule has 1 heterocycles. The third kappa shape index (κ3) is 4.23. The smallest absolute Gasteiger partial charge is 0.293 e. The molecule has 0 fully saturated rings. The zero-order valence-electron chi connectivity index (χ0n) is 18.2. The van der Waals surface area contributed by atoms with E-state index in [0.29, 0.717) is 18.6 Å². The van der Waals surface area contributed by atoms with E-state index in [1.807, 2.05) is 0 Å². The number of fused-ring (bicyclic) bond motifs is 2. The van der Waals surface area contributed by atoms with E-state index in [0.717, 1.165) is 42.8 Å². The fourth-order valence-electron chi connectivity index (χ4n) is 4.79. The van der Waals surface area contributed by atoms with Crippen molar-refractivity contribution < 1.29 is 9.53 Å². The Hall–Kier alpha value is -2.20. The van der Waals surface area contributed by atoms with Crippen molar-refractivity contribution in [3.8, 4) is 0 Å². The standard InChI is InChI=1S/C25H33NO2Si/c1-5-8-20-10-12-22-24(16-20)29(19(3)4,15-7-14-28-18-27)25-17-21(9-6-2)11-13-23(25)26-22/h8,10-13,16-19H,5-7,9,14-15H2,1-4H3/b20-8+. The molecule has 154 valence electrons. The van der Waals surface area contributed by atoms with Crippen molar-refractivity contribution in [2.75, 3.05) is 6.61 Å². The van der Waals surface area contributed by atoms with Crippen LogP contribution < -0.4 is 20.9 Å². The molecule has 29 heavy (non-hydrogen) atoms. The monoisotopic (exact) mass is 407 g/mol. The second-order valence-corrected chi connectivity index (χ2v) is 13.0. The molecule has 0 saturated carbocycles. The predicted molar refractivity (Wildman–Crippen MR) is 124 cm³/mol. The maximum absolute atomic E-state index is 10.7. The minimum absolute atomic E-state index is 0.488. The fourth-order valence-corrected chi connectivity index (χ4v) is 10.2. The lowest BCUT2D eigenvalue weighted by molar-refractivity contribution is -0.128. The summed E-state index contributed by atoms with van der Waals surface area (Å²) in [6.07, 6.45) is 6.45. The van der Waals surface area contributed by atoms with Gasteiger partial charge in [-0.15, -0.1) is 0 Å². The Bertz CT molecular complexity index is 983. The molecule has 4 heteroatoms. The van der Waals surface area contributed by atoms with E-state index in [1.54, 1.807) is 0 Å². The highest BCUT2D eigenvalue weighted by molar-refractivity contribution is 7.04. The molecule has 0 saturated heterocycles. The van der Waals surface area contributed by atoms with Gasteiger partial charge in [-0.1, -0.05) is 64.5 Å². The summed E-state index contributed by atoms with van der Waals surface area (Å²) < 4.78 is 5.06. The van der Waals surface area contributed by atoms with E-state index in [1.165, 1.54) is 21.2 Å². The third-order valence-electron chi connectivity index (χ3n) is 6.15. The molecule has 1 aliphatic rings. The lowest BCUT2D eigenvalue weighted by Crippen LogP contribution is -2.67. The molecule has 2 aromatic carbocycles. The van der Waals surface area contributed by atoms with Crippen LogP contribution >= 0.6 is 0 Å². The molecule has 1 atom stereocenters. The van der Waals surface area contributed by atoms with Crippen LogP contribution in [0.15, 0.2) is 41.4 Å². The third-order valence-corrected chi connectivity index (χ3v) is 12.0. The van der Waals surface area contributed by atoms with Crippen molar-refractivity contribution in [2.45, 2.75) is 65.0 Å². The Morgan fingerprint density at radius 3 is 2.62 bits per heavy atom. The second kappa shape index (κ2) is 9.53. The van der Waals surface area contributed by atoms with Gasteiger partial charge in [0.05, 0.1) is 17.7 Å². The number of carbonyl (C=O) groups excluding carboxylic acids is 1. The molecule has 0 spiro atoms. The number of hydrogen-bond donors (Lipinski definition) is 0. The molecule has 0 N–H and O–H groups in total. The largest absolute Gasteiger partial charge is 0.468 e. The summed E-state index contributed by atoms with van der Waals surface area (Å²) in [6, 6.07) is 14.8. The molecule has 3 rings (SSSR count). The lowest BCUT2D eigenvalue weighted by atomic mass is 10.1. The Morgan fingerprint density at radius 2 is 1.93 bits per heavy atom. The number of ether oxygens (including phenoxy) is 1. The first kappa shape index (κ1) is 21.5. The van der Waals surface area contributed by atoms with E-state index in [2.05, 4.69) is 70.2 Å². The van der Waals surface area contributed by atoms with Gasteiger partial charge in [0.25, 0.3) is 6.47 Å². The van der Waals surface area contributed by atoms with Crippen molar-refractivity contribution >= 4 is 36.7 Å². The van der Waals surface area contributed by atoms with Crippen LogP contribution in [0.2, 0.25) is 11.6 Å². The predicted octanol–water partition coefficient (Wildman–Crippen LogP) is 3.63. The normalized spacial score (nSPS) is 18.2. The number of nitrogens with zero attached hydrogens (tertiary/aromatic N) is 1. The van der Waals surface area contributed by atoms with Gasteiger partial charge in [0.2, 0.25) is 0 Å². The number of aryl methyl sites for hydroxylation is 1. The highest BCUT2D eigenvalue weighted by atomic mass is 28.3. The first-order chi connectivity index (χ1) is 14.1. The van der Waals surface area contributed by atoms with Gasteiger partial charge in [0, 0.05) is 0 Å². The van der Waals surface area contributed by atoms with Crippen LogP contribution in [0.4, 0.5) is 5.69 Å². The zero-order chi connectivity index (χ0) is 20.9. The summed E-state index contributed by atoms with van der Waals surface area (Å²) in [6.45, 7) is 10.2. The quantitative estimate of drug-likeness (QED) is 0.362. The minimum atomic E-state index is -2.08. The first-order valence-electron chi connectivity index (χ1n) is 10.9. The summed E-state index contributed by atoms with van der Waals surface area (Å²) in [4.78, 5) is 15.7. The molecule has 1 aliphatic heterocycles. The van der Waals surface area contributed by atoms with Crippen LogP contribution in [0.25, 0.3) is 6.08 Å². The maximum Gasteiger partial charge on any atom is 0.293 e. The molecular formula is C25H33NO2Si. The molecule has 0 bridgehead atoms. The number of carbonyl (C=O) groups is 1. The van der Waals surface area contributed by atoms with Crippen molar-refractivity contribution in [1.29, 1.82) is 0 Å². The van der Waals surface area contributed by atoms with Gasteiger partial charge < -0.3 is 4.74 Å². The molecule has 0 amide bonds. The first-order valence-corrected chi connectivity index (χ1v) is 13.2.